The van der Waals surface area contributed by atoms with Crippen LogP contribution in [-0.2, 0) is 44.7 Å². The SMILES string of the molecule is CC(C)[C@H](NC(=O)CCOCCOCCOCCN1C(=O)C2=C(C2)C1=O)C(=O)C[C@@H](CCCNC(N)=O)C(=O)Nc1ccc(C[n+]2ccc(NC(=NCCCCCCOc3ccc(Cl)cc3)NC#N)cc2)cc1. The van der Waals surface area contributed by atoms with Crippen molar-refractivity contribution in [3.63, 3.8) is 0 Å². The first-order valence-electron chi connectivity index (χ1n) is 24.7. The Morgan fingerprint density at radius 2 is 1.45 bits per heavy atom. The number of amides is 6. The molecule has 1 aliphatic carbocycles. The van der Waals surface area contributed by atoms with Crippen LogP contribution in [0.25, 0.3) is 0 Å². The van der Waals surface area contributed by atoms with Gasteiger partial charge < -0.3 is 45.9 Å². The summed E-state index contributed by atoms with van der Waals surface area (Å²) in [6, 6.07) is 16.9. The Balaban J connectivity index is 0.995. The van der Waals surface area contributed by atoms with Crippen molar-refractivity contribution in [2.24, 2.45) is 22.6 Å². The zero-order valence-electron chi connectivity index (χ0n) is 41.6. The number of nitrogens with two attached hydrogens (primary N) is 1. The first-order valence-corrected chi connectivity index (χ1v) is 25.1. The van der Waals surface area contributed by atoms with E-state index in [4.69, 9.17) is 36.3 Å². The molecule has 0 bridgehead atoms. The number of unbranched alkanes of at least 4 members (excludes halogenated alkanes) is 3. The molecule has 0 unspecified atom stereocenters. The van der Waals surface area contributed by atoms with Gasteiger partial charge >= 0.3 is 6.03 Å². The topological polar surface area (TPSA) is 269 Å². The number of carbonyl (C=O) groups excluding carboxylic acids is 6. The van der Waals surface area contributed by atoms with Crippen molar-refractivity contribution < 1.29 is 52.3 Å². The zero-order chi connectivity index (χ0) is 52.4. The summed E-state index contributed by atoms with van der Waals surface area (Å²) in [6.45, 7) is 7.17. The number of aliphatic imine (C=N–C) groups is 1. The van der Waals surface area contributed by atoms with Crippen molar-refractivity contribution in [3.05, 3.63) is 94.8 Å². The molecule has 2 aromatic carbocycles. The fourth-order valence-corrected chi connectivity index (χ4v) is 7.85. The summed E-state index contributed by atoms with van der Waals surface area (Å²) in [6.07, 6.45) is 10.5. The molecule has 0 saturated heterocycles. The van der Waals surface area contributed by atoms with Crippen molar-refractivity contribution in [1.29, 1.82) is 5.26 Å². The van der Waals surface area contributed by atoms with Gasteiger partial charge in [-0.3, -0.25) is 39.2 Å². The summed E-state index contributed by atoms with van der Waals surface area (Å²) in [4.78, 5) is 81.3. The Morgan fingerprint density at radius 3 is 2.11 bits per heavy atom. The highest BCUT2D eigenvalue weighted by Gasteiger charge is 2.46. The van der Waals surface area contributed by atoms with Crippen molar-refractivity contribution in [3.8, 4) is 11.9 Å². The first kappa shape index (κ1) is 57.0. The van der Waals surface area contributed by atoms with Crippen molar-refractivity contribution in [2.75, 3.05) is 76.5 Å². The van der Waals surface area contributed by atoms with E-state index < -0.39 is 18.0 Å². The predicted octanol–water partition coefficient (Wildman–Crippen LogP) is 4.77. The van der Waals surface area contributed by atoms with Crippen LogP contribution < -0.4 is 41.6 Å². The lowest BCUT2D eigenvalue weighted by Crippen LogP contribution is -2.45. The van der Waals surface area contributed by atoms with Crippen LogP contribution in [0.3, 0.4) is 0 Å². The number of ketones is 1. The van der Waals surface area contributed by atoms with E-state index in [1.807, 2.05) is 73.4 Å². The number of imide groups is 1. The van der Waals surface area contributed by atoms with Crippen molar-refractivity contribution >= 4 is 64.4 Å². The second kappa shape index (κ2) is 30.8. The van der Waals surface area contributed by atoms with Gasteiger partial charge in [-0.1, -0.05) is 44.0 Å². The minimum Gasteiger partial charge on any atom is -0.494 e. The molecule has 1 aliphatic heterocycles. The number of aromatic nitrogens is 1. The Bertz CT molecular complexity index is 2390. The van der Waals surface area contributed by atoms with Crippen molar-refractivity contribution in [2.45, 2.75) is 84.2 Å². The molecular formula is C52H68ClN10O10+. The molecule has 1 aromatic heterocycles. The average molecular weight is 1030 g/mol. The van der Waals surface area contributed by atoms with Crippen molar-refractivity contribution in [1.82, 2.24) is 20.9 Å². The standard InChI is InChI=1S/C52H67ClN10O10/c1-36(2)47(61-46(65)19-26-70-28-30-72-31-29-71-27-24-63-49(67)43-33-44(43)50(63)68)45(64)32-38(8-7-21-56-51(55)69)48(66)59-40-13-9-37(10-14-40)34-62-22-17-41(18-23-62)60-52(58-35-54)57-20-5-3-4-6-25-73-42-15-11-39(53)12-16-42/h9-18,22-23,36,38,47H,3-8,19-21,24-34H2,1-2H3,(H6,55,56,57,58,59,61,65,66,69)/p+1/t38-,47+/m1/s1. The number of halogens is 1. The molecule has 21 heteroatoms. The summed E-state index contributed by atoms with van der Waals surface area (Å²) < 4.78 is 24.2. The van der Waals surface area contributed by atoms with E-state index in [0.29, 0.717) is 60.4 Å². The number of likely N-dealkylation sites (tertiary alicyclic amines) is 1. The highest BCUT2D eigenvalue weighted by molar-refractivity contribution is 6.30. The van der Waals surface area contributed by atoms with E-state index in [0.717, 1.165) is 42.7 Å². The number of hydrogen-bond donors (Lipinski definition) is 6. The summed E-state index contributed by atoms with van der Waals surface area (Å²) in [5, 5.41) is 24.0. The fraction of sp³-hybridized carbons (Fsp3) is 0.481. The summed E-state index contributed by atoms with van der Waals surface area (Å²) in [7, 11) is 0. The second-order valence-electron chi connectivity index (χ2n) is 17.8. The largest absolute Gasteiger partial charge is 0.494 e. The Labute approximate surface area is 431 Å². The van der Waals surface area contributed by atoms with Gasteiger partial charge in [-0.25, -0.2) is 9.36 Å². The third-order valence-corrected chi connectivity index (χ3v) is 12.0. The first-order chi connectivity index (χ1) is 35.3. The van der Waals surface area contributed by atoms with Gasteiger partial charge in [0, 0.05) is 77.8 Å². The molecule has 0 saturated carbocycles. The number of Topliss-reactive ketones (excluding diaryl/α,β-unsaturated/α-hetero) is 1. The monoisotopic (exact) mass is 1030 g/mol. The van der Waals surface area contributed by atoms with Crippen LogP contribution in [0.15, 0.2) is 89.2 Å². The number of nitrogens with one attached hydrogen (secondary N) is 5. The van der Waals surface area contributed by atoms with E-state index >= 15 is 0 Å². The molecule has 20 nitrogen and oxygen atoms in total. The van der Waals surface area contributed by atoms with Gasteiger partial charge in [0.1, 0.15) is 5.75 Å². The van der Waals surface area contributed by atoms with Gasteiger partial charge in [-0.15, -0.1) is 0 Å². The number of piperidine rings is 1. The Hall–Kier alpha value is -6.92. The van der Waals surface area contributed by atoms with E-state index in [-0.39, 0.29) is 107 Å². The molecule has 392 valence electrons. The third kappa shape index (κ3) is 20.6. The lowest BCUT2D eigenvalue weighted by atomic mass is 9.89. The molecule has 0 radical (unpaired) electrons. The number of hydrogen-bond acceptors (Lipinski definition) is 12. The highest BCUT2D eigenvalue weighted by atomic mass is 35.5. The molecule has 3 aromatic rings. The zero-order valence-corrected chi connectivity index (χ0v) is 42.4. The van der Waals surface area contributed by atoms with Gasteiger partial charge in [0.25, 0.3) is 11.8 Å². The molecule has 6 amide bonds. The summed E-state index contributed by atoms with van der Waals surface area (Å²) in [5.74, 6) is -1.35. The number of anilines is 2. The normalized spacial score (nSPS) is 13.8. The maximum Gasteiger partial charge on any atom is 0.312 e. The Morgan fingerprint density at radius 1 is 0.808 bits per heavy atom. The molecular weight excluding hydrogens is 960 g/mol. The molecule has 5 rings (SSSR count). The number of ether oxygens (including phenoxy) is 4. The number of carbonyl (C=O) groups is 6. The number of urea groups is 1. The highest BCUT2D eigenvalue weighted by Crippen LogP contribution is 2.39. The molecule has 2 aliphatic rings. The lowest BCUT2D eigenvalue weighted by Gasteiger charge is -2.24. The smallest absolute Gasteiger partial charge is 0.312 e. The average Bonchev–Trinajstić information content (AvgIpc) is 4.14. The minimum absolute atomic E-state index is 0.00917. The summed E-state index contributed by atoms with van der Waals surface area (Å²) >= 11 is 5.92. The number of nitriles is 1. The molecule has 7 N–H and O–H groups in total. The fourth-order valence-electron chi connectivity index (χ4n) is 7.72. The van der Waals surface area contributed by atoms with Crippen LogP contribution in [0.5, 0.6) is 5.75 Å². The number of nitrogens with zero attached hydrogens (tertiary/aromatic N) is 4. The molecule has 0 spiro atoms. The van der Waals surface area contributed by atoms with Gasteiger partial charge in [-0.05, 0) is 74.4 Å². The molecule has 0 fully saturated rings. The van der Waals surface area contributed by atoms with E-state index in [2.05, 4.69) is 31.6 Å². The predicted molar refractivity (Wildman–Crippen MR) is 273 cm³/mol. The van der Waals surface area contributed by atoms with Gasteiger partial charge in [0.2, 0.25) is 17.8 Å². The number of benzene rings is 2. The molecule has 2 atom stereocenters. The van der Waals surface area contributed by atoms with Gasteiger partial charge in [0.05, 0.1) is 64.5 Å². The summed E-state index contributed by atoms with van der Waals surface area (Å²) in [5.41, 5.74) is 8.72. The maximum atomic E-state index is 13.7. The third-order valence-electron chi connectivity index (χ3n) is 11.8. The van der Waals surface area contributed by atoms with Crippen LogP contribution in [0.1, 0.15) is 77.2 Å². The Kier molecular flexibility index (Phi) is 24.1. The van der Waals surface area contributed by atoms with Crippen LogP contribution in [-0.4, -0.2) is 118 Å². The van der Waals surface area contributed by atoms with Crippen LogP contribution in [0.2, 0.25) is 5.02 Å². The van der Waals surface area contributed by atoms with E-state index in [1.54, 1.807) is 24.3 Å². The number of guanidine groups is 1. The van der Waals surface area contributed by atoms with Crippen LogP contribution in [0, 0.1) is 23.3 Å². The lowest BCUT2D eigenvalue weighted by molar-refractivity contribution is -0.688. The van der Waals surface area contributed by atoms with E-state index in [1.165, 1.54) is 4.90 Å². The quantitative estimate of drug-likeness (QED) is 0.00897. The number of rotatable bonds is 34. The second-order valence-corrected chi connectivity index (χ2v) is 18.3. The van der Waals surface area contributed by atoms with E-state index in [9.17, 15) is 34.0 Å². The molecule has 2 heterocycles. The maximum absolute atomic E-state index is 13.7. The van der Waals surface area contributed by atoms with Crippen LogP contribution in [0.4, 0.5) is 16.2 Å². The number of primary amides is 1. The van der Waals surface area contributed by atoms with Gasteiger partial charge in [-0.2, -0.15) is 5.26 Å². The van der Waals surface area contributed by atoms with Crippen LogP contribution >= 0.6 is 11.6 Å². The number of pyridine rings is 1. The van der Waals surface area contributed by atoms with Gasteiger partial charge in [0.15, 0.2) is 30.9 Å². The molecule has 73 heavy (non-hydrogen) atoms. The minimum atomic E-state index is -0.842.